The summed E-state index contributed by atoms with van der Waals surface area (Å²) in [5.41, 5.74) is 9.40. The van der Waals surface area contributed by atoms with Gasteiger partial charge < -0.3 is 16.6 Å². The van der Waals surface area contributed by atoms with Crippen molar-refractivity contribution in [1.29, 1.82) is 0 Å². The predicted octanol–water partition coefficient (Wildman–Crippen LogP) is 0.123. The Morgan fingerprint density at radius 2 is 1.79 bits per heavy atom. The largest absolute Gasteiger partial charge is 0.379 e. The van der Waals surface area contributed by atoms with E-state index in [0.717, 1.165) is 0 Å². The molecule has 0 spiro atoms. The number of fused-ring (bicyclic) bond motifs is 1. The molecule has 8 heteroatoms. The van der Waals surface area contributed by atoms with Crippen molar-refractivity contribution in [3.63, 3.8) is 0 Å². The molecule has 0 aromatic heterocycles. The molecule has 2 aromatic rings. The summed E-state index contributed by atoms with van der Waals surface area (Å²) in [5, 5.41) is 11.0. The average molecular weight is 345 g/mol. The number of aliphatic hydroxyl groups is 1. The van der Waals surface area contributed by atoms with Gasteiger partial charge in [-0.1, -0.05) is 36.4 Å². The minimum Gasteiger partial charge on any atom is -0.379 e. The Morgan fingerprint density at radius 3 is 2.42 bits per heavy atom. The maximum Gasteiger partial charge on any atom is 0.280 e. The molecule has 24 heavy (non-hydrogen) atoms. The Kier molecular flexibility index (Phi) is 3.66. The van der Waals surface area contributed by atoms with Gasteiger partial charge in [-0.2, -0.15) is 4.99 Å². The summed E-state index contributed by atoms with van der Waals surface area (Å²) in [6, 6.07) is 12.5. The smallest absolute Gasteiger partial charge is 0.280 e. The van der Waals surface area contributed by atoms with Crippen molar-refractivity contribution in [3.05, 3.63) is 65.2 Å². The van der Waals surface area contributed by atoms with Crippen LogP contribution in [-0.4, -0.2) is 31.1 Å². The minimum absolute atomic E-state index is 0.0306. The van der Waals surface area contributed by atoms with Crippen LogP contribution in [-0.2, 0) is 15.4 Å². The van der Waals surface area contributed by atoms with Gasteiger partial charge in [-0.15, -0.1) is 0 Å². The predicted molar refractivity (Wildman–Crippen MR) is 88.1 cm³/mol. The molecule has 1 aliphatic rings. The molecular weight excluding hydrogens is 330 g/mol. The third kappa shape index (κ3) is 2.55. The van der Waals surface area contributed by atoms with E-state index in [4.69, 9.17) is 11.5 Å². The summed E-state index contributed by atoms with van der Waals surface area (Å²) in [6.07, 6.45) is 0. The van der Waals surface area contributed by atoms with Crippen LogP contribution in [0.1, 0.15) is 21.5 Å². The zero-order valence-corrected chi connectivity index (χ0v) is 13.3. The zero-order valence-electron chi connectivity index (χ0n) is 12.5. The molecule has 5 N–H and O–H groups in total. The summed E-state index contributed by atoms with van der Waals surface area (Å²) in [5.74, 6) is -1.65. The highest BCUT2D eigenvalue weighted by atomic mass is 32.2. The van der Waals surface area contributed by atoms with Crippen LogP contribution < -0.4 is 11.5 Å². The van der Waals surface area contributed by atoms with E-state index in [2.05, 4.69) is 4.99 Å². The highest BCUT2D eigenvalue weighted by Crippen LogP contribution is 2.42. The number of rotatable bonds is 2. The van der Waals surface area contributed by atoms with Gasteiger partial charge in [0.25, 0.3) is 5.91 Å². The van der Waals surface area contributed by atoms with E-state index in [1.807, 2.05) is 0 Å². The number of nitrogens with zero attached hydrogens (tertiary/aromatic N) is 1. The maximum absolute atomic E-state index is 12.5. The lowest BCUT2D eigenvalue weighted by Gasteiger charge is -2.23. The summed E-state index contributed by atoms with van der Waals surface area (Å²) in [4.78, 5) is 15.2. The Hall–Kier alpha value is -2.71. The molecule has 1 atom stereocenters. The molecule has 0 radical (unpaired) electrons. The number of amides is 1. The fourth-order valence-electron chi connectivity index (χ4n) is 2.82. The van der Waals surface area contributed by atoms with Gasteiger partial charge in [0.15, 0.2) is 15.8 Å². The number of aliphatic imine (C=N–C) groups is 1. The molecule has 0 fully saturated rings. The van der Waals surface area contributed by atoms with E-state index >= 15 is 0 Å². The standard InChI is InChI=1S/C16H15N3O4S/c17-15(18)19-14(20)10-6-7-12-13(8-10)24(22,23)9-16(12,21)11-4-2-1-3-5-11/h1-8,21H,9H2,(H4,17,18,19,20). The average Bonchev–Trinajstić information content (AvgIpc) is 2.75. The van der Waals surface area contributed by atoms with Crippen LogP contribution in [0.15, 0.2) is 58.4 Å². The molecule has 3 rings (SSSR count). The zero-order chi connectivity index (χ0) is 17.5. The molecule has 2 aromatic carbocycles. The number of carbonyl (C=O) groups excluding carboxylic acids is 1. The van der Waals surface area contributed by atoms with Crippen LogP contribution >= 0.6 is 0 Å². The van der Waals surface area contributed by atoms with E-state index in [1.165, 1.54) is 18.2 Å². The summed E-state index contributed by atoms with van der Waals surface area (Å²) in [6.45, 7) is 0. The lowest BCUT2D eigenvalue weighted by atomic mass is 9.88. The summed E-state index contributed by atoms with van der Waals surface area (Å²) in [7, 11) is -3.76. The number of carbonyl (C=O) groups is 1. The second-order valence-electron chi connectivity index (χ2n) is 5.54. The van der Waals surface area contributed by atoms with Crippen LogP contribution in [0.3, 0.4) is 0 Å². The first-order valence-corrected chi connectivity index (χ1v) is 8.68. The molecule has 0 aliphatic carbocycles. The quantitative estimate of drug-likeness (QED) is 0.522. The van der Waals surface area contributed by atoms with Gasteiger partial charge in [0, 0.05) is 11.1 Å². The fraction of sp³-hybridized carbons (Fsp3) is 0.125. The lowest BCUT2D eigenvalue weighted by Crippen LogP contribution is -2.29. The number of hydrogen-bond acceptors (Lipinski definition) is 4. The van der Waals surface area contributed by atoms with Crippen molar-refractivity contribution in [1.82, 2.24) is 0 Å². The van der Waals surface area contributed by atoms with Crippen molar-refractivity contribution in [2.75, 3.05) is 5.75 Å². The number of hydrogen-bond donors (Lipinski definition) is 3. The molecule has 0 saturated heterocycles. The van der Waals surface area contributed by atoms with Gasteiger partial charge in [-0.3, -0.25) is 4.79 Å². The molecule has 0 bridgehead atoms. The van der Waals surface area contributed by atoms with Gasteiger partial charge in [-0.25, -0.2) is 8.42 Å². The first-order chi connectivity index (χ1) is 11.2. The van der Waals surface area contributed by atoms with E-state index in [1.54, 1.807) is 30.3 Å². The lowest BCUT2D eigenvalue weighted by molar-refractivity contribution is 0.0998. The van der Waals surface area contributed by atoms with E-state index < -0.39 is 33.1 Å². The third-order valence-electron chi connectivity index (χ3n) is 3.89. The van der Waals surface area contributed by atoms with Gasteiger partial charge >= 0.3 is 0 Å². The van der Waals surface area contributed by atoms with E-state index in [-0.39, 0.29) is 16.0 Å². The topological polar surface area (TPSA) is 136 Å². The first kappa shape index (κ1) is 16.2. The Labute approximate surface area is 138 Å². The number of benzene rings is 2. The van der Waals surface area contributed by atoms with Crippen molar-refractivity contribution >= 4 is 21.7 Å². The van der Waals surface area contributed by atoms with Crippen LogP contribution in [0.5, 0.6) is 0 Å². The van der Waals surface area contributed by atoms with Crippen molar-refractivity contribution in [2.45, 2.75) is 10.5 Å². The molecule has 0 saturated carbocycles. The van der Waals surface area contributed by atoms with Crippen LogP contribution in [0.2, 0.25) is 0 Å². The molecule has 1 unspecified atom stereocenters. The number of sulfone groups is 1. The second kappa shape index (κ2) is 5.43. The molecule has 1 amide bonds. The van der Waals surface area contributed by atoms with Crippen LogP contribution in [0.25, 0.3) is 0 Å². The summed E-state index contributed by atoms with van der Waals surface area (Å²) >= 11 is 0. The van der Waals surface area contributed by atoms with E-state index in [9.17, 15) is 18.3 Å². The molecular formula is C16H15N3O4S. The molecule has 7 nitrogen and oxygen atoms in total. The van der Waals surface area contributed by atoms with Crippen molar-refractivity contribution < 1.29 is 18.3 Å². The maximum atomic E-state index is 12.5. The monoisotopic (exact) mass is 345 g/mol. The van der Waals surface area contributed by atoms with Crippen LogP contribution in [0, 0.1) is 0 Å². The SMILES string of the molecule is NC(N)=NC(=O)c1ccc2c(c1)S(=O)(=O)CC2(O)c1ccccc1. The Morgan fingerprint density at radius 1 is 1.12 bits per heavy atom. The van der Waals surface area contributed by atoms with Gasteiger partial charge in [-0.05, 0) is 17.7 Å². The summed E-state index contributed by atoms with van der Waals surface area (Å²) < 4.78 is 25.0. The highest BCUT2D eigenvalue weighted by Gasteiger charge is 2.47. The number of guanidine groups is 1. The van der Waals surface area contributed by atoms with Gasteiger partial charge in [0.05, 0.1) is 10.6 Å². The highest BCUT2D eigenvalue weighted by molar-refractivity contribution is 7.91. The third-order valence-corrected chi connectivity index (χ3v) is 5.70. The fourth-order valence-corrected chi connectivity index (χ4v) is 4.73. The van der Waals surface area contributed by atoms with E-state index in [0.29, 0.717) is 5.56 Å². The minimum atomic E-state index is -3.76. The van der Waals surface area contributed by atoms with Crippen molar-refractivity contribution in [3.8, 4) is 0 Å². The first-order valence-electron chi connectivity index (χ1n) is 7.03. The number of nitrogens with two attached hydrogens (primary N) is 2. The molecule has 1 heterocycles. The molecule has 1 aliphatic heterocycles. The second-order valence-corrected chi connectivity index (χ2v) is 7.50. The Balaban J connectivity index is 2.17. The van der Waals surface area contributed by atoms with Crippen LogP contribution in [0.4, 0.5) is 0 Å². The van der Waals surface area contributed by atoms with Gasteiger partial charge in [0.2, 0.25) is 0 Å². The Bertz CT molecular complexity index is 951. The van der Waals surface area contributed by atoms with Gasteiger partial charge in [0.1, 0.15) is 5.60 Å². The molecule has 124 valence electrons. The van der Waals surface area contributed by atoms with Crippen molar-refractivity contribution in [2.24, 2.45) is 16.5 Å². The normalized spacial score (nSPS) is 21.0.